The van der Waals surface area contributed by atoms with Crippen LogP contribution in [0, 0.1) is 22.7 Å². The minimum atomic E-state index is -1.95. The summed E-state index contributed by atoms with van der Waals surface area (Å²) in [4.78, 5) is 18.3. The normalized spacial score (nSPS) is 31.9. The van der Waals surface area contributed by atoms with Crippen LogP contribution in [0.2, 0.25) is 18.1 Å². The Morgan fingerprint density at radius 3 is 2.27 bits per heavy atom. The summed E-state index contributed by atoms with van der Waals surface area (Å²) < 4.78 is 11.2. The number of hydrogen-bond donors (Lipinski definition) is 1. The summed E-state index contributed by atoms with van der Waals surface area (Å²) in [5.41, 5.74) is -0.498. The highest BCUT2D eigenvalue weighted by Crippen LogP contribution is 2.64. The molecule has 1 N–H and O–H groups in total. The summed E-state index contributed by atoms with van der Waals surface area (Å²) in [6.07, 6.45) is 10.6. The second kappa shape index (κ2) is 12.7. The molecule has 0 saturated heterocycles. The number of hydrogen-bond acceptors (Lipinski definition) is 5. The van der Waals surface area contributed by atoms with Gasteiger partial charge in [0.05, 0.1) is 18.3 Å². The first-order valence-corrected chi connectivity index (χ1v) is 17.6. The predicted molar refractivity (Wildman–Crippen MR) is 155 cm³/mol. The lowest BCUT2D eigenvalue weighted by molar-refractivity contribution is -0.307. The van der Waals surface area contributed by atoms with Crippen LogP contribution in [0.1, 0.15) is 120 Å². The van der Waals surface area contributed by atoms with Gasteiger partial charge in [0.15, 0.2) is 0 Å². The molecule has 216 valence electrons. The zero-order chi connectivity index (χ0) is 28.1. The van der Waals surface area contributed by atoms with Crippen LogP contribution in [0.4, 0.5) is 0 Å². The van der Waals surface area contributed by atoms with Crippen molar-refractivity contribution in [2.24, 2.45) is 22.7 Å². The molecule has 0 aromatic rings. The number of ether oxygens (including phenoxy) is 1. The molecule has 0 aromatic carbocycles. The van der Waals surface area contributed by atoms with Crippen molar-refractivity contribution in [2.75, 3.05) is 7.11 Å². The third-order valence-electron chi connectivity index (χ3n) is 10.9. The van der Waals surface area contributed by atoms with Gasteiger partial charge < -0.3 is 9.84 Å². The average Bonchev–Trinajstić information content (AvgIpc) is 2.86. The third kappa shape index (κ3) is 6.91. The number of esters is 1. The molecule has 2 aliphatic carbocycles. The van der Waals surface area contributed by atoms with Gasteiger partial charge in [0.1, 0.15) is 0 Å². The fourth-order valence-electron chi connectivity index (χ4n) is 7.72. The van der Waals surface area contributed by atoms with Gasteiger partial charge in [-0.15, -0.1) is 0 Å². The van der Waals surface area contributed by atoms with Crippen LogP contribution in [0.3, 0.4) is 0 Å². The third-order valence-corrected chi connectivity index (χ3v) is 15.2. The minimum absolute atomic E-state index is 0.0929. The molecule has 5 nitrogen and oxygen atoms in total. The lowest BCUT2D eigenvalue weighted by atomic mass is 9.44. The van der Waals surface area contributed by atoms with Crippen molar-refractivity contribution in [3.63, 3.8) is 0 Å². The lowest BCUT2D eigenvalue weighted by Gasteiger charge is -2.63. The van der Waals surface area contributed by atoms with Gasteiger partial charge in [-0.1, -0.05) is 61.0 Å². The van der Waals surface area contributed by atoms with Crippen LogP contribution in [0.5, 0.6) is 0 Å². The van der Waals surface area contributed by atoms with Crippen molar-refractivity contribution in [3.8, 4) is 0 Å². The van der Waals surface area contributed by atoms with Crippen LogP contribution >= 0.6 is 0 Å². The molecule has 5 atom stereocenters. The fourth-order valence-corrected chi connectivity index (χ4v) is 9.95. The first-order valence-electron chi connectivity index (χ1n) is 15.0. The average molecular weight is 539 g/mol. The second-order valence-electron chi connectivity index (χ2n) is 13.5. The smallest absolute Gasteiger partial charge is 0.333 e. The van der Waals surface area contributed by atoms with Crippen molar-refractivity contribution < 1.29 is 24.1 Å². The molecule has 0 aromatic heterocycles. The van der Waals surface area contributed by atoms with Gasteiger partial charge >= 0.3 is 5.97 Å². The number of allylic oxidation sites excluding steroid dienone is 1. The lowest BCUT2D eigenvalue weighted by Crippen LogP contribution is -2.62. The summed E-state index contributed by atoms with van der Waals surface area (Å²) in [5.74, 6) is 0.492. The maximum absolute atomic E-state index is 12.5. The van der Waals surface area contributed by atoms with Gasteiger partial charge in [-0.2, -0.15) is 0 Å². The standard InChI is InChI=1S/C31H58O5Si/c1-11-37(12-2,13-3)36-35-29(8,20-14-16-24(4)27(32)34-10)22-23-31(33)25(5)17-18-26-28(6,7)19-15-21-30(26,31)9/h16,25-26,33H,11-15,17-23H2,1-10H3/b24-16+/t25-,26+,29?,30+,31-/m1/s1. The Labute approximate surface area is 229 Å². The fraction of sp³-hybridized carbons (Fsp3) is 0.903. The zero-order valence-electron chi connectivity index (χ0n) is 25.8. The topological polar surface area (TPSA) is 65.0 Å². The Bertz CT molecular complexity index is 782. The van der Waals surface area contributed by atoms with E-state index < -0.39 is 19.5 Å². The van der Waals surface area contributed by atoms with E-state index in [0.29, 0.717) is 24.3 Å². The number of fused-ring (bicyclic) bond motifs is 1. The second-order valence-corrected chi connectivity index (χ2v) is 18.1. The molecule has 2 fully saturated rings. The monoisotopic (exact) mass is 538 g/mol. The highest BCUT2D eigenvalue weighted by Gasteiger charge is 2.61. The van der Waals surface area contributed by atoms with Gasteiger partial charge in [0.25, 0.3) is 0 Å². The molecule has 0 heterocycles. The van der Waals surface area contributed by atoms with E-state index in [1.54, 1.807) is 6.92 Å². The quantitative estimate of drug-likeness (QED) is 0.0839. The van der Waals surface area contributed by atoms with Crippen molar-refractivity contribution in [2.45, 2.75) is 149 Å². The molecule has 0 aliphatic heterocycles. The van der Waals surface area contributed by atoms with Crippen molar-refractivity contribution in [1.29, 1.82) is 0 Å². The van der Waals surface area contributed by atoms with E-state index in [1.165, 1.54) is 26.4 Å². The summed E-state index contributed by atoms with van der Waals surface area (Å²) in [5, 5.41) is 12.5. The van der Waals surface area contributed by atoms with Gasteiger partial charge in [-0.05, 0) is 106 Å². The molecule has 0 radical (unpaired) electrons. The maximum Gasteiger partial charge on any atom is 0.333 e. The Kier molecular flexibility index (Phi) is 11.1. The molecule has 0 bridgehead atoms. The molecule has 2 aliphatic rings. The maximum atomic E-state index is 12.5. The van der Waals surface area contributed by atoms with Crippen molar-refractivity contribution in [1.82, 2.24) is 0 Å². The van der Waals surface area contributed by atoms with Crippen molar-refractivity contribution >= 4 is 14.3 Å². The molecular weight excluding hydrogens is 480 g/mol. The highest BCUT2D eigenvalue weighted by molar-refractivity contribution is 6.73. The molecule has 37 heavy (non-hydrogen) atoms. The summed E-state index contributed by atoms with van der Waals surface area (Å²) >= 11 is 0. The molecule has 0 amide bonds. The number of methoxy groups -OCH3 is 1. The molecular formula is C31H58O5Si. The van der Waals surface area contributed by atoms with Crippen molar-refractivity contribution in [3.05, 3.63) is 11.6 Å². The van der Waals surface area contributed by atoms with Gasteiger partial charge in [-0.25, -0.2) is 9.68 Å². The Hall–Kier alpha value is -0.693. The number of rotatable bonds is 13. The van der Waals surface area contributed by atoms with Gasteiger partial charge in [0, 0.05) is 5.57 Å². The van der Waals surface area contributed by atoms with Crippen LogP contribution < -0.4 is 0 Å². The summed E-state index contributed by atoms with van der Waals surface area (Å²) in [6, 6.07) is 3.06. The van der Waals surface area contributed by atoms with Gasteiger partial charge in [0.2, 0.25) is 8.32 Å². The van der Waals surface area contributed by atoms with Crippen LogP contribution in [-0.4, -0.2) is 37.7 Å². The van der Waals surface area contributed by atoms with Crippen LogP contribution in [0.25, 0.3) is 0 Å². The number of carbonyl (C=O) groups is 1. The molecule has 1 unspecified atom stereocenters. The van der Waals surface area contributed by atoms with E-state index in [-0.39, 0.29) is 22.7 Å². The number of aliphatic hydroxyl groups is 1. The van der Waals surface area contributed by atoms with Gasteiger partial charge in [-0.3, -0.25) is 4.58 Å². The Balaban J connectivity index is 2.30. The van der Waals surface area contributed by atoms with Crippen LogP contribution in [-0.2, 0) is 19.0 Å². The van der Waals surface area contributed by atoms with E-state index >= 15 is 0 Å². The van der Waals surface area contributed by atoms with Crippen LogP contribution in [0.15, 0.2) is 11.6 Å². The molecule has 2 rings (SSSR count). The molecule has 0 spiro atoms. The number of carbonyl (C=O) groups excluding carboxylic acids is 1. The Morgan fingerprint density at radius 2 is 1.70 bits per heavy atom. The minimum Gasteiger partial charge on any atom is -0.466 e. The Morgan fingerprint density at radius 1 is 1.08 bits per heavy atom. The highest BCUT2D eigenvalue weighted by atomic mass is 28.4. The summed E-state index contributed by atoms with van der Waals surface area (Å²) in [7, 11) is -0.535. The molecule has 6 heteroatoms. The van der Waals surface area contributed by atoms with E-state index in [2.05, 4.69) is 55.4 Å². The first kappa shape index (κ1) is 32.5. The van der Waals surface area contributed by atoms with E-state index in [0.717, 1.165) is 43.8 Å². The van der Waals surface area contributed by atoms with E-state index in [9.17, 15) is 9.90 Å². The first-order chi connectivity index (χ1) is 17.2. The van der Waals surface area contributed by atoms with E-state index in [4.69, 9.17) is 14.2 Å². The largest absolute Gasteiger partial charge is 0.466 e. The van der Waals surface area contributed by atoms with E-state index in [1.807, 2.05) is 6.08 Å². The predicted octanol–water partition coefficient (Wildman–Crippen LogP) is 8.37. The summed E-state index contributed by atoms with van der Waals surface area (Å²) in [6.45, 7) is 20.0. The molecule has 2 saturated carbocycles. The SMILES string of the molecule is CC[Si](CC)(CC)OOC(C)(CC/C=C(\C)C(=O)OC)CC[C@@]1(O)[C@H](C)CC[C@H]2C(C)(C)CCC[C@@]21C. The zero-order valence-corrected chi connectivity index (χ0v) is 26.8.